The summed E-state index contributed by atoms with van der Waals surface area (Å²) < 4.78 is 0. The van der Waals surface area contributed by atoms with E-state index in [2.05, 4.69) is 5.32 Å². The minimum Gasteiger partial charge on any atom is -0.375 e. The Morgan fingerprint density at radius 2 is 1.74 bits per heavy atom. The number of para-hydroxylation sites is 1. The smallest absolute Gasteiger partial charge is 0.255 e. The number of benzene rings is 2. The molecule has 4 heteroatoms. The summed E-state index contributed by atoms with van der Waals surface area (Å²) in [7, 11) is 3.78. The first-order chi connectivity index (χ1) is 9.09. The van der Waals surface area contributed by atoms with E-state index in [4.69, 9.17) is 11.6 Å². The average molecular weight is 275 g/mol. The van der Waals surface area contributed by atoms with Gasteiger partial charge in [0, 0.05) is 19.7 Å². The van der Waals surface area contributed by atoms with Crippen molar-refractivity contribution in [3.63, 3.8) is 0 Å². The summed E-state index contributed by atoms with van der Waals surface area (Å²) in [5.41, 5.74) is 2.12. The Morgan fingerprint density at radius 1 is 1.05 bits per heavy atom. The molecule has 98 valence electrons. The molecule has 2 aromatic rings. The minimum absolute atomic E-state index is 0.147. The van der Waals surface area contributed by atoms with Gasteiger partial charge in [0.25, 0.3) is 5.91 Å². The summed E-state index contributed by atoms with van der Waals surface area (Å²) in [6.45, 7) is 0. The second-order valence-electron chi connectivity index (χ2n) is 4.35. The monoisotopic (exact) mass is 274 g/mol. The zero-order chi connectivity index (χ0) is 13.8. The van der Waals surface area contributed by atoms with Crippen LogP contribution in [0.15, 0.2) is 48.5 Å². The minimum atomic E-state index is -0.147. The van der Waals surface area contributed by atoms with Crippen molar-refractivity contribution in [2.24, 2.45) is 0 Å². The van der Waals surface area contributed by atoms with E-state index in [9.17, 15) is 4.79 Å². The maximum atomic E-state index is 12.1. The Balaban J connectivity index is 2.29. The molecule has 1 N–H and O–H groups in total. The van der Waals surface area contributed by atoms with Gasteiger partial charge in [-0.2, -0.15) is 0 Å². The molecule has 0 saturated heterocycles. The third kappa shape index (κ3) is 3.06. The molecule has 0 heterocycles. The molecular weight excluding hydrogens is 260 g/mol. The van der Waals surface area contributed by atoms with Crippen LogP contribution in [0.25, 0.3) is 0 Å². The number of hydrogen-bond donors (Lipinski definition) is 1. The van der Waals surface area contributed by atoms with Crippen LogP contribution in [0.5, 0.6) is 0 Å². The average Bonchev–Trinajstić information content (AvgIpc) is 2.39. The molecule has 3 nitrogen and oxygen atoms in total. The van der Waals surface area contributed by atoms with Gasteiger partial charge in [-0.15, -0.1) is 0 Å². The third-order valence-electron chi connectivity index (χ3n) is 2.72. The molecule has 0 fully saturated rings. The molecule has 0 unspecified atom stereocenters. The summed E-state index contributed by atoms with van der Waals surface area (Å²) in [6, 6.07) is 14.5. The van der Waals surface area contributed by atoms with E-state index in [0.717, 1.165) is 5.69 Å². The molecule has 0 bridgehead atoms. The lowest BCUT2D eigenvalue weighted by atomic mass is 10.2. The van der Waals surface area contributed by atoms with E-state index in [1.165, 1.54) is 0 Å². The zero-order valence-electron chi connectivity index (χ0n) is 10.9. The number of halogens is 1. The van der Waals surface area contributed by atoms with Crippen molar-refractivity contribution in [2.45, 2.75) is 0 Å². The number of nitrogens with zero attached hydrogens (tertiary/aromatic N) is 1. The Kier molecular flexibility index (Phi) is 4.07. The highest BCUT2D eigenvalue weighted by Crippen LogP contribution is 2.32. The van der Waals surface area contributed by atoms with Crippen LogP contribution in [0.2, 0.25) is 5.02 Å². The van der Waals surface area contributed by atoms with Crippen molar-refractivity contribution in [2.75, 3.05) is 24.3 Å². The first-order valence-corrected chi connectivity index (χ1v) is 6.29. The highest BCUT2D eigenvalue weighted by atomic mass is 35.5. The van der Waals surface area contributed by atoms with E-state index >= 15 is 0 Å². The van der Waals surface area contributed by atoms with Crippen LogP contribution >= 0.6 is 11.6 Å². The van der Waals surface area contributed by atoms with Crippen LogP contribution in [0, 0.1) is 0 Å². The molecule has 2 rings (SSSR count). The van der Waals surface area contributed by atoms with Crippen LogP contribution in [0.3, 0.4) is 0 Å². The van der Waals surface area contributed by atoms with Gasteiger partial charge < -0.3 is 10.2 Å². The van der Waals surface area contributed by atoms with Crippen LogP contribution in [0.1, 0.15) is 10.4 Å². The SMILES string of the molecule is CN(C)c1c(Cl)cccc1NC(=O)c1ccccc1. The fraction of sp³-hybridized carbons (Fsp3) is 0.133. The van der Waals surface area contributed by atoms with Crippen LogP contribution < -0.4 is 10.2 Å². The van der Waals surface area contributed by atoms with Crippen molar-refractivity contribution in [3.05, 3.63) is 59.1 Å². The summed E-state index contributed by atoms with van der Waals surface area (Å²) in [4.78, 5) is 14.0. The number of nitrogens with one attached hydrogen (secondary N) is 1. The second-order valence-corrected chi connectivity index (χ2v) is 4.76. The molecule has 0 aliphatic carbocycles. The van der Waals surface area contributed by atoms with E-state index in [0.29, 0.717) is 16.3 Å². The van der Waals surface area contributed by atoms with Gasteiger partial charge in [0.1, 0.15) is 0 Å². The van der Waals surface area contributed by atoms with Crippen LogP contribution in [-0.4, -0.2) is 20.0 Å². The molecule has 0 spiro atoms. The number of anilines is 2. The first-order valence-electron chi connectivity index (χ1n) is 5.92. The lowest BCUT2D eigenvalue weighted by Crippen LogP contribution is -2.17. The predicted octanol–water partition coefficient (Wildman–Crippen LogP) is 3.66. The number of carbonyl (C=O) groups excluding carboxylic acids is 1. The molecular formula is C15H15ClN2O. The molecule has 0 aliphatic heterocycles. The quantitative estimate of drug-likeness (QED) is 0.926. The summed E-state index contributed by atoms with van der Waals surface area (Å²) in [5, 5.41) is 3.49. The Labute approximate surface area is 117 Å². The normalized spacial score (nSPS) is 10.1. The standard InChI is InChI=1S/C15H15ClN2O/c1-18(2)14-12(16)9-6-10-13(14)17-15(19)11-7-4-3-5-8-11/h3-10H,1-2H3,(H,17,19). The number of carbonyl (C=O) groups is 1. The molecule has 2 aromatic carbocycles. The Bertz CT molecular complexity index is 582. The highest BCUT2D eigenvalue weighted by molar-refractivity contribution is 6.34. The van der Waals surface area contributed by atoms with Gasteiger partial charge in [-0.3, -0.25) is 4.79 Å². The fourth-order valence-corrected chi connectivity index (χ4v) is 2.20. The van der Waals surface area contributed by atoms with Crippen molar-refractivity contribution in [1.29, 1.82) is 0 Å². The summed E-state index contributed by atoms with van der Waals surface area (Å²) >= 11 is 6.16. The van der Waals surface area contributed by atoms with Gasteiger partial charge in [0.15, 0.2) is 0 Å². The van der Waals surface area contributed by atoms with E-state index < -0.39 is 0 Å². The molecule has 19 heavy (non-hydrogen) atoms. The van der Waals surface area contributed by atoms with Gasteiger partial charge in [0.2, 0.25) is 0 Å². The highest BCUT2D eigenvalue weighted by Gasteiger charge is 2.12. The van der Waals surface area contributed by atoms with Gasteiger partial charge in [-0.1, -0.05) is 35.9 Å². The number of amides is 1. The Hall–Kier alpha value is -2.00. The van der Waals surface area contributed by atoms with Gasteiger partial charge >= 0.3 is 0 Å². The first kappa shape index (κ1) is 13.4. The summed E-state index contributed by atoms with van der Waals surface area (Å²) in [6.07, 6.45) is 0. The Morgan fingerprint density at radius 3 is 2.37 bits per heavy atom. The molecule has 0 aromatic heterocycles. The predicted molar refractivity (Wildman–Crippen MR) is 80.2 cm³/mol. The van der Waals surface area contributed by atoms with E-state index in [1.807, 2.05) is 49.3 Å². The maximum Gasteiger partial charge on any atom is 0.255 e. The third-order valence-corrected chi connectivity index (χ3v) is 3.02. The lowest BCUT2D eigenvalue weighted by molar-refractivity contribution is 0.102. The van der Waals surface area contributed by atoms with Crippen molar-refractivity contribution in [3.8, 4) is 0 Å². The molecule has 1 amide bonds. The van der Waals surface area contributed by atoms with E-state index in [1.54, 1.807) is 18.2 Å². The van der Waals surface area contributed by atoms with Crippen LogP contribution in [-0.2, 0) is 0 Å². The molecule has 0 radical (unpaired) electrons. The molecule has 0 aliphatic rings. The lowest BCUT2D eigenvalue weighted by Gasteiger charge is -2.19. The topological polar surface area (TPSA) is 32.3 Å². The summed E-state index contributed by atoms with van der Waals surface area (Å²) in [5.74, 6) is -0.147. The second kappa shape index (κ2) is 5.76. The van der Waals surface area contributed by atoms with Crippen molar-refractivity contribution in [1.82, 2.24) is 0 Å². The van der Waals surface area contributed by atoms with Crippen molar-refractivity contribution < 1.29 is 4.79 Å². The molecule has 0 saturated carbocycles. The number of hydrogen-bond acceptors (Lipinski definition) is 2. The number of rotatable bonds is 3. The van der Waals surface area contributed by atoms with Crippen LogP contribution in [0.4, 0.5) is 11.4 Å². The molecule has 0 atom stereocenters. The van der Waals surface area contributed by atoms with Gasteiger partial charge in [0.05, 0.1) is 16.4 Å². The largest absolute Gasteiger partial charge is 0.375 e. The van der Waals surface area contributed by atoms with Gasteiger partial charge in [-0.25, -0.2) is 0 Å². The zero-order valence-corrected chi connectivity index (χ0v) is 11.6. The van der Waals surface area contributed by atoms with Crippen molar-refractivity contribution >= 4 is 28.9 Å². The maximum absolute atomic E-state index is 12.1. The van der Waals surface area contributed by atoms with E-state index in [-0.39, 0.29) is 5.91 Å². The fourth-order valence-electron chi connectivity index (χ4n) is 1.85. The van der Waals surface area contributed by atoms with Gasteiger partial charge in [-0.05, 0) is 24.3 Å².